The largest absolute Gasteiger partial charge is 0.325 e. The maximum atomic E-state index is 12.6. The third kappa shape index (κ3) is 5.68. The number of aryl methyl sites for hydroxylation is 1. The molecule has 0 bridgehead atoms. The second-order valence-electron chi connectivity index (χ2n) is 8.35. The molecule has 170 valence electrons. The van der Waals surface area contributed by atoms with Gasteiger partial charge in [0.1, 0.15) is 5.56 Å². The van der Waals surface area contributed by atoms with Crippen molar-refractivity contribution in [3.63, 3.8) is 0 Å². The molecular formula is C26H28N4O3. The van der Waals surface area contributed by atoms with E-state index in [1.807, 2.05) is 36.1 Å². The van der Waals surface area contributed by atoms with Crippen LogP contribution in [-0.2, 0) is 0 Å². The van der Waals surface area contributed by atoms with Crippen LogP contribution in [0.1, 0.15) is 41.6 Å². The summed E-state index contributed by atoms with van der Waals surface area (Å²) in [7, 11) is 0. The Balaban J connectivity index is 1.39. The molecule has 7 heteroatoms. The zero-order valence-electron chi connectivity index (χ0n) is 18.7. The number of hydrogen-bond acceptors (Lipinski definition) is 3. The number of nitrogens with zero attached hydrogens (tertiary/aromatic N) is 1. The van der Waals surface area contributed by atoms with E-state index in [2.05, 4.69) is 15.6 Å². The van der Waals surface area contributed by atoms with Gasteiger partial charge in [0, 0.05) is 30.2 Å². The zero-order valence-corrected chi connectivity index (χ0v) is 18.7. The molecule has 1 saturated heterocycles. The summed E-state index contributed by atoms with van der Waals surface area (Å²) in [6.07, 6.45) is 4.39. The number of aromatic amines is 1. The lowest BCUT2D eigenvalue weighted by Gasteiger charge is -2.20. The molecule has 0 saturated carbocycles. The monoisotopic (exact) mass is 444 g/mol. The Bertz CT molecular complexity index is 1190. The number of urea groups is 1. The molecular weight excluding hydrogens is 416 g/mol. The number of carbonyl (C=O) groups excluding carboxylic acids is 2. The average molecular weight is 445 g/mol. The first-order chi connectivity index (χ1) is 16.0. The highest BCUT2D eigenvalue weighted by atomic mass is 16.2. The molecule has 1 aliphatic rings. The highest BCUT2D eigenvalue weighted by Crippen LogP contribution is 2.19. The molecule has 1 aromatic heterocycles. The lowest BCUT2D eigenvalue weighted by Crippen LogP contribution is -2.35. The van der Waals surface area contributed by atoms with Gasteiger partial charge >= 0.3 is 6.03 Å². The van der Waals surface area contributed by atoms with Gasteiger partial charge in [-0.15, -0.1) is 0 Å². The molecule has 33 heavy (non-hydrogen) atoms. The molecule has 2 aromatic carbocycles. The van der Waals surface area contributed by atoms with Crippen molar-refractivity contribution in [3.05, 3.63) is 82.1 Å². The Morgan fingerprint density at radius 1 is 0.848 bits per heavy atom. The summed E-state index contributed by atoms with van der Waals surface area (Å²) in [5.74, 6) is -0.492. The van der Waals surface area contributed by atoms with Crippen LogP contribution in [0.5, 0.6) is 0 Å². The van der Waals surface area contributed by atoms with E-state index < -0.39 is 11.5 Å². The summed E-state index contributed by atoms with van der Waals surface area (Å²) >= 11 is 0. The first-order valence-electron chi connectivity index (χ1n) is 11.3. The van der Waals surface area contributed by atoms with Crippen LogP contribution in [0.3, 0.4) is 0 Å². The van der Waals surface area contributed by atoms with Gasteiger partial charge in [0.05, 0.1) is 0 Å². The standard InChI is InChI=1S/C26H28N4O3/c1-18-7-6-8-19(17-18)23-14-13-22(25(32)29-23)24(31)27-20-9-11-21(12-10-20)28-26(33)30-15-4-2-3-5-16-30/h6-14,17H,2-5,15-16H2,1H3,(H,27,31)(H,28,33)(H,29,32). The van der Waals surface area contributed by atoms with Crippen LogP contribution in [0.4, 0.5) is 16.2 Å². The number of aromatic nitrogens is 1. The van der Waals surface area contributed by atoms with Crippen LogP contribution in [0.2, 0.25) is 0 Å². The number of rotatable bonds is 4. The minimum absolute atomic E-state index is 0.0324. The topological polar surface area (TPSA) is 94.3 Å². The second-order valence-corrected chi connectivity index (χ2v) is 8.35. The van der Waals surface area contributed by atoms with Gasteiger partial charge in [-0.2, -0.15) is 0 Å². The van der Waals surface area contributed by atoms with Gasteiger partial charge in [-0.25, -0.2) is 4.79 Å². The lowest BCUT2D eigenvalue weighted by molar-refractivity contribution is 0.102. The van der Waals surface area contributed by atoms with Gasteiger partial charge < -0.3 is 20.5 Å². The predicted octanol–water partition coefficient (Wildman–Crippen LogP) is 5.01. The number of anilines is 2. The van der Waals surface area contributed by atoms with Crippen LogP contribution in [-0.4, -0.2) is 34.9 Å². The molecule has 3 aromatic rings. The molecule has 1 aliphatic heterocycles. The molecule has 0 radical (unpaired) electrons. The maximum absolute atomic E-state index is 12.6. The minimum Gasteiger partial charge on any atom is -0.325 e. The zero-order chi connectivity index (χ0) is 23.2. The van der Waals surface area contributed by atoms with Crippen LogP contribution < -0.4 is 16.2 Å². The second kappa shape index (κ2) is 10.2. The van der Waals surface area contributed by atoms with Crippen molar-refractivity contribution in [1.29, 1.82) is 0 Å². The number of pyridine rings is 1. The fourth-order valence-electron chi connectivity index (χ4n) is 3.95. The average Bonchev–Trinajstić information content (AvgIpc) is 3.10. The van der Waals surface area contributed by atoms with Crippen LogP contribution in [0.15, 0.2) is 65.5 Å². The smallest absolute Gasteiger partial charge is 0.321 e. The molecule has 4 rings (SSSR count). The van der Waals surface area contributed by atoms with Crippen molar-refractivity contribution in [2.45, 2.75) is 32.6 Å². The highest BCUT2D eigenvalue weighted by Gasteiger charge is 2.16. The van der Waals surface area contributed by atoms with E-state index in [1.165, 1.54) is 6.07 Å². The number of benzene rings is 2. The molecule has 0 aliphatic carbocycles. The van der Waals surface area contributed by atoms with Gasteiger partial charge in [-0.05, 0) is 67.8 Å². The van der Waals surface area contributed by atoms with Crippen molar-refractivity contribution in [2.24, 2.45) is 0 Å². The predicted molar refractivity (Wildman–Crippen MR) is 131 cm³/mol. The number of H-pyrrole nitrogens is 1. The van der Waals surface area contributed by atoms with Crippen LogP contribution in [0.25, 0.3) is 11.3 Å². The van der Waals surface area contributed by atoms with Crippen molar-refractivity contribution < 1.29 is 9.59 Å². The summed E-state index contributed by atoms with van der Waals surface area (Å²) in [6, 6.07) is 17.8. The van der Waals surface area contributed by atoms with Crippen molar-refractivity contribution in [3.8, 4) is 11.3 Å². The normalized spacial score (nSPS) is 13.8. The van der Waals surface area contributed by atoms with Crippen LogP contribution >= 0.6 is 0 Å². The first kappa shape index (κ1) is 22.3. The number of nitrogens with one attached hydrogen (secondary N) is 3. The third-order valence-electron chi connectivity index (χ3n) is 5.77. The van der Waals surface area contributed by atoms with E-state index in [-0.39, 0.29) is 11.6 Å². The number of amides is 3. The summed E-state index contributed by atoms with van der Waals surface area (Å²) < 4.78 is 0. The number of hydrogen-bond donors (Lipinski definition) is 3. The van der Waals surface area contributed by atoms with E-state index >= 15 is 0 Å². The quantitative estimate of drug-likeness (QED) is 0.528. The molecule has 0 spiro atoms. The van der Waals surface area contributed by atoms with Crippen LogP contribution in [0, 0.1) is 6.92 Å². The fraction of sp³-hybridized carbons (Fsp3) is 0.269. The van der Waals surface area contributed by atoms with Crippen molar-refractivity contribution in [2.75, 3.05) is 23.7 Å². The molecule has 2 heterocycles. The number of carbonyl (C=O) groups is 2. The van der Waals surface area contributed by atoms with E-state index in [0.29, 0.717) is 17.1 Å². The van der Waals surface area contributed by atoms with Gasteiger partial charge in [0.25, 0.3) is 11.5 Å². The van der Waals surface area contributed by atoms with Crippen molar-refractivity contribution >= 4 is 23.3 Å². The summed E-state index contributed by atoms with van der Waals surface area (Å²) in [4.78, 5) is 42.2. The Morgan fingerprint density at radius 2 is 1.52 bits per heavy atom. The summed E-state index contributed by atoms with van der Waals surface area (Å²) in [5, 5.41) is 5.64. The highest BCUT2D eigenvalue weighted by molar-refractivity contribution is 6.04. The van der Waals surface area contributed by atoms with E-state index in [9.17, 15) is 14.4 Å². The van der Waals surface area contributed by atoms with Gasteiger partial charge in [0.2, 0.25) is 0 Å². The molecule has 0 unspecified atom stereocenters. The molecule has 3 amide bonds. The summed E-state index contributed by atoms with van der Waals surface area (Å²) in [5.41, 5.74) is 3.40. The molecule has 3 N–H and O–H groups in total. The lowest BCUT2D eigenvalue weighted by atomic mass is 10.1. The Morgan fingerprint density at radius 3 is 2.15 bits per heavy atom. The van der Waals surface area contributed by atoms with E-state index in [1.54, 1.807) is 30.3 Å². The van der Waals surface area contributed by atoms with Gasteiger partial charge in [0.15, 0.2) is 0 Å². The Kier molecular flexibility index (Phi) is 6.88. The number of likely N-dealkylation sites (tertiary alicyclic amines) is 1. The summed E-state index contributed by atoms with van der Waals surface area (Å²) in [6.45, 7) is 3.53. The van der Waals surface area contributed by atoms with Gasteiger partial charge in [-0.3, -0.25) is 9.59 Å². The van der Waals surface area contributed by atoms with Gasteiger partial charge in [-0.1, -0.05) is 36.6 Å². The van der Waals surface area contributed by atoms with E-state index in [4.69, 9.17) is 0 Å². The maximum Gasteiger partial charge on any atom is 0.321 e. The van der Waals surface area contributed by atoms with E-state index in [0.717, 1.165) is 49.9 Å². The minimum atomic E-state index is -0.492. The Hall–Kier alpha value is -3.87. The third-order valence-corrected chi connectivity index (χ3v) is 5.77. The molecule has 0 atom stereocenters. The fourth-order valence-corrected chi connectivity index (χ4v) is 3.95. The van der Waals surface area contributed by atoms with Crippen molar-refractivity contribution in [1.82, 2.24) is 9.88 Å². The first-order valence-corrected chi connectivity index (χ1v) is 11.3. The SMILES string of the molecule is Cc1cccc(-c2ccc(C(=O)Nc3ccc(NC(=O)N4CCCCCC4)cc3)c(=O)[nH]2)c1. The molecule has 7 nitrogen and oxygen atoms in total. The molecule has 1 fully saturated rings. The Labute approximate surface area is 192 Å².